The number of piperazine rings is 1. The van der Waals surface area contributed by atoms with Crippen LogP contribution in [0.15, 0.2) is 23.1 Å². The molecule has 0 atom stereocenters. The molecule has 2 aromatic rings. The van der Waals surface area contributed by atoms with Crippen LogP contribution in [0.4, 0.5) is 5.69 Å². The van der Waals surface area contributed by atoms with E-state index in [1.807, 2.05) is 10.6 Å². The van der Waals surface area contributed by atoms with E-state index in [4.69, 9.17) is 0 Å². The van der Waals surface area contributed by atoms with Crippen LogP contribution in [0.1, 0.15) is 29.2 Å². The molecule has 1 aromatic carbocycles. The van der Waals surface area contributed by atoms with E-state index in [1.54, 1.807) is 0 Å². The fraction of sp³-hybridized carbons (Fsp3) is 0.412. The first-order valence-electron chi connectivity index (χ1n) is 8.17. The predicted octanol–water partition coefficient (Wildman–Crippen LogP) is 1.57. The molecule has 7 nitrogen and oxygen atoms in total. The van der Waals surface area contributed by atoms with Gasteiger partial charge < -0.3 is 25.0 Å². The minimum absolute atomic E-state index is 0. The maximum Gasteiger partial charge on any atom is 0.341 e. The standard InChI is InChI=1S/C17H19N3O4.ClH/c21-15-7-11-13(8-14(15)19-5-3-18-4-6-19)20(10-1-2-10)9-12(16(11)22)17(23)24;/h7-10,18,21H,1-6H2,(H,23,24);1H. The van der Waals surface area contributed by atoms with Gasteiger partial charge in [0.15, 0.2) is 0 Å². The first-order chi connectivity index (χ1) is 11.6. The van der Waals surface area contributed by atoms with Gasteiger partial charge in [-0.2, -0.15) is 0 Å². The van der Waals surface area contributed by atoms with Gasteiger partial charge in [-0.15, -0.1) is 12.4 Å². The normalized spacial score (nSPS) is 17.4. The zero-order valence-electron chi connectivity index (χ0n) is 13.6. The summed E-state index contributed by atoms with van der Waals surface area (Å²) in [6.07, 6.45) is 3.39. The zero-order valence-corrected chi connectivity index (χ0v) is 14.4. The monoisotopic (exact) mass is 365 g/mol. The lowest BCUT2D eigenvalue weighted by Crippen LogP contribution is -2.43. The maximum atomic E-state index is 12.5. The van der Waals surface area contributed by atoms with Crippen LogP contribution in [0.3, 0.4) is 0 Å². The predicted molar refractivity (Wildman–Crippen MR) is 97.4 cm³/mol. The number of nitrogens with one attached hydrogen (secondary N) is 1. The van der Waals surface area contributed by atoms with Gasteiger partial charge in [-0.3, -0.25) is 4.79 Å². The average Bonchev–Trinajstić information content (AvgIpc) is 3.40. The quantitative estimate of drug-likeness (QED) is 0.764. The van der Waals surface area contributed by atoms with Crippen molar-refractivity contribution >= 4 is 35.0 Å². The number of carbonyl (C=O) groups is 1. The van der Waals surface area contributed by atoms with Crippen molar-refractivity contribution in [3.63, 3.8) is 0 Å². The summed E-state index contributed by atoms with van der Waals surface area (Å²) >= 11 is 0. The van der Waals surface area contributed by atoms with E-state index in [2.05, 4.69) is 10.2 Å². The second-order valence-corrected chi connectivity index (χ2v) is 6.41. The number of rotatable bonds is 3. The van der Waals surface area contributed by atoms with Gasteiger partial charge in [-0.25, -0.2) is 4.79 Å². The Bertz CT molecular complexity index is 886. The Kier molecular flexibility index (Phi) is 4.62. The number of benzene rings is 1. The molecule has 8 heteroatoms. The fourth-order valence-corrected chi connectivity index (χ4v) is 3.34. The van der Waals surface area contributed by atoms with Crippen LogP contribution in [0.5, 0.6) is 5.75 Å². The average molecular weight is 366 g/mol. The third-order valence-corrected chi connectivity index (χ3v) is 4.76. The van der Waals surface area contributed by atoms with Gasteiger partial charge in [-0.1, -0.05) is 0 Å². The number of carboxylic acid groups (broad SMARTS) is 1. The lowest BCUT2D eigenvalue weighted by molar-refractivity contribution is 0.0695. The molecule has 0 unspecified atom stereocenters. The molecule has 3 N–H and O–H groups in total. The summed E-state index contributed by atoms with van der Waals surface area (Å²) in [5.74, 6) is -1.21. The topological polar surface area (TPSA) is 94.8 Å². The van der Waals surface area contributed by atoms with Gasteiger partial charge in [0, 0.05) is 38.4 Å². The lowest BCUT2D eigenvalue weighted by atomic mass is 10.1. The molecule has 0 spiro atoms. The number of nitrogens with zero attached hydrogens (tertiary/aromatic N) is 2. The third-order valence-electron chi connectivity index (χ3n) is 4.76. The van der Waals surface area contributed by atoms with Gasteiger partial charge in [0.2, 0.25) is 5.43 Å². The fourth-order valence-electron chi connectivity index (χ4n) is 3.34. The van der Waals surface area contributed by atoms with E-state index in [9.17, 15) is 19.8 Å². The van der Waals surface area contributed by atoms with Gasteiger partial charge in [0.05, 0.1) is 16.6 Å². The Morgan fingerprint density at radius 2 is 1.88 bits per heavy atom. The molecule has 2 heterocycles. The molecule has 1 saturated heterocycles. The molecular formula is C17H20ClN3O4. The Balaban J connectivity index is 0.00000182. The number of anilines is 1. The summed E-state index contributed by atoms with van der Waals surface area (Å²) in [4.78, 5) is 25.9. The number of aromatic nitrogens is 1. The van der Waals surface area contributed by atoms with Crippen LogP contribution in [-0.2, 0) is 0 Å². The van der Waals surface area contributed by atoms with Crippen LogP contribution in [-0.4, -0.2) is 46.9 Å². The first kappa shape index (κ1) is 17.6. The number of halogens is 1. The van der Waals surface area contributed by atoms with E-state index >= 15 is 0 Å². The van der Waals surface area contributed by atoms with E-state index in [1.165, 1.54) is 12.3 Å². The number of hydrogen-bond donors (Lipinski definition) is 3. The summed E-state index contributed by atoms with van der Waals surface area (Å²) < 4.78 is 1.88. The summed E-state index contributed by atoms with van der Waals surface area (Å²) in [6.45, 7) is 3.23. The largest absolute Gasteiger partial charge is 0.506 e. The van der Waals surface area contributed by atoms with E-state index in [0.29, 0.717) is 11.2 Å². The zero-order chi connectivity index (χ0) is 16.8. The molecule has 1 aromatic heterocycles. The number of phenolic OH excluding ortho intramolecular Hbond substituents is 1. The van der Waals surface area contributed by atoms with Crippen molar-refractivity contribution in [2.24, 2.45) is 0 Å². The molecule has 0 amide bonds. The van der Waals surface area contributed by atoms with Crippen molar-refractivity contribution in [3.8, 4) is 5.75 Å². The molecule has 25 heavy (non-hydrogen) atoms. The summed E-state index contributed by atoms with van der Waals surface area (Å²) in [5.41, 5.74) is 0.597. The van der Waals surface area contributed by atoms with Crippen molar-refractivity contribution < 1.29 is 15.0 Å². The molecule has 134 valence electrons. The smallest absolute Gasteiger partial charge is 0.341 e. The van der Waals surface area contributed by atoms with Gasteiger partial charge >= 0.3 is 5.97 Å². The van der Waals surface area contributed by atoms with Crippen LogP contribution in [0.25, 0.3) is 10.9 Å². The van der Waals surface area contributed by atoms with Gasteiger partial charge in [-0.05, 0) is 25.0 Å². The maximum absolute atomic E-state index is 12.5. The highest BCUT2D eigenvalue weighted by Crippen LogP contribution is 2.39. The van der Waals surface area contributed by atoms with Crippen molar-refractivity contribution in [2.75, 3.05) is 31.1 Å². The number of phenols is 1. The molecular weight excluding hydrogens is 346 g/mol. The second kappa shape index (κ2) is 6.57. The molecule has 4 rings (SSSR count). The van der Waals surface area contributed by atoms with Crippen molar-refractivity contribution in [1.29, 1.82) is 0 Å². The number of fused-ring (bicyclic) bond motifs is 1. The van der Waals surface area contributed by atoms with E-state index < -0.39 is 11.4 Å². The number of aromatic hydroxyl groups is 1. The van der Waals surface area contributed by atoms with Gasteiger partial charge in [0.25, 0.3) is 0 Å². The van der Waals surface area contributed by atoms with Crippen LogP contribution in [0, 0.1) is 0 Å². The van der Waals surface area contributed by atoms with Crippen molar-refractivity contribution in [2.45, 2.75) is 18.9 Å². The van der Waals surface area contributed by atoms with Gasteiger partial charge in [0.1, 0.15) is 11.3 Å². The van der Waals surface area contributed by atoms with E-state index in [0.717, 1.165) is 39.0 Å². The summed E-state index contributed by atoms with van der Waals surface area (Å²) in [7, 11) is 0. The number of pyridine rings is 1. The SMILES string of the molecule is Cl.O=C(O)c1cn(C2CC2)c2cc(N3CCNCC3)c(O)cc2c1=O. The number of aromatic carboxylic acids is 1. The van der Waals surface area contributed by atoms with Crippen molar-refractivity contribution in [1.82, 2.24) is 9.88 Å². The Hall–Kier alpha value is -2.25. The molecule has 1 saturated carbocycles. The van der Waals surface area contributed by atoms with Crippen molar-refractivity contribution in [3.05, 3.63) is 34.1 Å². The highest BCUT2D eigenvalue weighted by Gasteiger charge is 2.28. The first-order valence-corrected chi connectivity index (χ1v) is 8.17. The van der Waals surface area contributed by atoms with Crippen LogP contribution < -0.4 is 15.6 Å². The molecule has 2 aliphatic rings. The second-order valence-electron chi connectivity index (χ2n) is 6.41. The van der Waals surface area contributed by atoms with Crippen LogP contribution in [0.2, 0.25) is 0 Å². The lowest BCUT2D eigenvalue weighted by Gasteiger charge is -2.30. The number of hydrogen-bond acceptors (Lipinski definition) is 5. The minimum atomic E-state index is -1.23. The molecule has 1 aliphatic heterocycles. The summed E-state index contributed by atoms with van der Waals surface area (Å²) in [6, 6.07) is 3.47. The Morgan fingerprint density at radius 1 is 1.20 bits per heavy atom. The highest BCUT2D eigenvalue weighted by molar-refractivity contribution is 5.94. The highest BCUT2D eigenvalue weighted by atomic mass is 35.5. The molecule has 0 radical (unpaired) electrons. The van der Waals surface area contributed by atoms with E-state index in [-0.39, 0.29) is 35.1 Å². The Morgan fingerprint density at radius 3 is 2.48 bits per heavy atom. The number of carboxylic acids is 1. The molecule has 0 bridgehead atoms. The van der Waals surface area contributed by atoms with Crippen LogP contribution >= 0.6 is 12.4 Å². The summed E-state index contributed by atoms with van der Waals surface area (Å²) in [5, 5.41) is 23.2. The molecule has 1 aliphatic carbocycles. The minimum Gasteiger partial charge on any atom is -0.506 e. The Labute approximate surface area is 150 Å². The molecule has 2 fully saturated rings. The third kappa shape index (κ3) is 3.05.